The molecule has 2 heterocycles. The predicted molar refractivity (Wildman–Crippen MR) is 48.5 cm³/mol. The van der Waals surface area contributed by atoms with Gasteiger partial charge in [0.1, 0.15) is 0 Å². The molecule has 0 aromatic carbocycles. The lowest BCUT2D eigenvalue weighted by Gasteiger charge is -2.22. The molecule has 2 aliphatic heterocycles. The maximum Gasteiger partial charge on any atom is 0.0887 e. The van der Waals surface area contributed by atoms with Crippen molar-refractivity contribution in [1.29, 1.82) is 0 Å². The molecule has 2 rings (SSSR count). The summed E-state index contributed by atoms with van der Waals surface area (Å²) in [4.78, 5) is 0. The molecule has 3 heteroatoms. The van der Waals surface area contributed by atoms with Crippen LogP contribution in [0.25, 0.3) is 0 Å². The first-order valence-corrected chi connectivity index (χ1v) is 5.19. The fourth-order valence-electron chi connectivity index (χ4n) is 2.34. The van der Waals surface area contributed by atoms with E-state index in [1.807, 2.05) is 0 Å². The van der Waals surface area contributed by atoms with Crippen molar-refractivity contribution in [3.63, 3.8) is 0 Å². The molecule has 0 spiro atoms. The molecule has 76 valence electrons. The maximum atomic E-state index is 9.13. The van der Waals surface area contributed by atoms with Crippen LogP contribution in [-0.4, -0.2) is 36.6 Å². The summed E-state index contributed by atoms with van der Waals surface area (Å²) in [6, 6.07) is 0. The van der Waals surface area contributed by atoms with Gasteiger partial charge in [-0.25, -0.2) is 0 Å². The smallest absolute Gasteiger partial charge is 0.0887 e. The van der Waals surface area contributed by atoms with Crippen molar-refractivity contribution in [2.75, 3.05) is 13.2 Å². The third-order valence-corrected chi connectivity index (χ3v) is 3.13. The largest absolute Gasteiger partial charge is 0.396 e. The Labute approximate surface area is 79.0 Å². The van der Waals surface area contributed by atoms with Crippen LogP contribution in [0, 0.1) is 5.92 Å². The fourth-order valence-corrected chi connectivity index (χ4v) is 2.34. The molecule has 0 bridgehead atoms. The van der Waals surface area contributed by atoms with E-state index in [4.69, 9.17) is 14.6 Å². The molecule has 2 fully saturated rings. The van der Waals surface area contributed by atoms with Gasteiger partial charge in [0.15, 0.2) is 0 Å². The SMILES string of the molecule is CC1CCC(C2OCCC2CO)O1. The van der Waals surface area contributed by atoms with Crippen molar-refractivity contribution in [3.8, 4) is 0 Å². The first kappa shape index (κ1) is 9.44. The molecule has 0 aromatic heterocycles. The Hall–Kier alpha value is -0.120. The second-order valence-electron chi connectivity index (χ2n) is 4.13. The van der Waals surface area contributed by atoms with Crippen LogP contribution in [0.4, 0.5) is 0 Å². The molecule has 0 saturated carbocycles. The van der Waals surface area contributed by atoms with Crippen LogP contribution in [0.15, 0.2) is 0 Å². The van der Waals surface area contributed by atoms with E-state index in [0.717, 1.165) is 25.9 Å². The molecule has 2 saturated heterocycles. The van der Waals surface area contributed by atoms with Gasteiger partial charge in [0.25, 0.3) is 0 Å². The number of rotatable bonds is 2. The maximum absolute atomic E-state index is 9.13. The summed E-state index contributed by atoms with van der Waals surface area (Å²) in [5, 5.41) is 9.13. The van der Waals surface area contributed by atoms with E-state index in [1.54, 1.807) is 0 Å². The van der Waals surface area contributed by atoms with Crippen LogP contribution in [0.3, 0.4) is 0 Å². The van der Waals surface area contributed by atoms with Crippen LogP contribution < -0.4 is 0 Å². The van der Waals surface area contributed by atoms with Crippen molar-refractivity contribution >= 4 is 0 Å². The van der Waals surface area contributed by atoms with Crippen molar-refractivity contribution in [1.82, 2.24) is 0 Å². The second-order valence-corrected chi connectivity index (χ2v) is 4.13. The lowest BCUT2D eigenvalue weighted by Crippen LogP contribution is -2.32. The van der Waals surface area contributed by atoms with Crippen LogP contribution in [0.5, 0.6) is 0 Å². The summed E-state index contributed by atoms with van der Waals surface area (Å²) < 4.78 is 11.3. The summed E-state index contributed by atoms with van der Waals surface area (Å²) in [7, 11) is 0. The fraction of sp³-hybridized carbons (Fsp3) is 1.00. The number of hydrogen-bond acceptors (Lipinski definition) is 3. The Bertz CT molecular complexity index is 172. The third kappa shape index (κ3) is 1.87. The monoisotopic (exact) mass is 186 g/mol. The summed E-state index contributed by atoms with van der Waals surface area (Å²) in [5.41, 5.74) is 0. The van der Waals surface area contributed by atoms with Gasteiger partial charge in [-0.15, -0.1) is 0 Å². The first-order chi connectivity index (χ1) is 6.31. The Kier molecular flexibility index (Phi) is 2.86. The minimum Gasteiger partial charge on any atom is -0.396 e. The highest BCUT2D eigenvalue weighted by Gasteiger charge is 2.38. The predicted octanol–water partition coefficient (Wildman–Crippen LogP) is 0.951. The summed E-state index contributed by atoms with van der Waals surface area (Å²) in [6.45, 7) is 3.12. The molecule has 0 radical (unpaired) electrons. The topological polar surface area (TPSA) is 38.7 Å². The molecule has 0 aromatic rings. The van der Waals surface area contributed by atoms with E-state index in [1.165, 1.54) is 0 Å². The summed E-state index contributed by atoms with van der Waals surface area (Å²) in [6.07, 6.45) is 3.94. The highest BCUT2D eigenvalue weighted by atomic mass is 16.6. The van der Waals surface area contributed by atoms with Gasteiger partial charge in [-0.2, -0.15) is 0 Å². The number of ether oxygens (including phenoxy) is 2. The van der Waals surface area contributed by atoms with Gasteiger partial charge in [-0.1, -0.05) is 0 Å². The van der Waals surface area contributed by atoms with E-state index in [2.05, 4.69) is 6.92 Å². The average molecular weight is 186 g/mol. The van der Waals surface area contributed by atoms with Gasteiger partial charge < -0.3 is 14.6 Å². The van der Waals surface area contributed by atoms with Gasteiger partial charge in [-0.3, -0.25) is 0 Å². The highest BCUT2D eigenvalue weighted by Crippen LogP contribution is 2.31. The zero-order valence-corrected chi connectivity index (χ0v) is 8.11. The minimum atomic E-state index is 0.148. The van der Waals surface area contributed by atoms with Crippen LogP contribution in [0.2, 0.25) is 0 Å². The highest BCUT2D eigenvalue weighted by molar-refractivity contribution is 4.86. The van der Waals surface area contributed by atoms with E-state index < -0.39 is 0 Å². The first-order valence-electron chi connectivity index (χ1n) is 5.19. The molecular weight excluding hydrogens is 168 g/mol. The van der Waals surface area contributed by atoms with Crippen molar-refractivity contribution < 1.29 is 14.6 Å². The molecule has 0 aliphatic carbocycles. The Balaban J connectivity index is 1.92. The quantitative estimate of drug-likeness (QED) is 0.698. The van der Waals surface area contributed by atoms with Gasteiger partial charge >= 0.3 is 0 Å². The molecular formula is C10H18O3. The molecule has 13 heavy (non-hydrogen) atoms. The summed E-state index contributed by atoms with van der Waals surface area (Å²) >= 11 is 0. The van der Waals surface area contributed by atoms with Gasteiger partial charge in [-0.05, 0) is 26.2 Å². The lowest BCUT2D eigenvalue weighted by atomic mass is 9.96. The van der Waals surface area contributed by atoms with Crippen molar-refractivity contribution in [2.45, 2.75) is 44.5 Å². The minimum absolute atomic E-state index is 0.148. The Morgan fingerprint density at radius 3 is 2.77 bits per heavy atom. The number of hydrogen-bond donors (Lipinski definition) is 1. The van der Waals surface area contributed by atoms with Crippen molar-refractivity contribution in [3.05, 3.63) is 0 Å². The molecule has 3 nitrogen and oxygen atoms in total. The third-order valence-electron chi connectivity index (χ3n) is 3.13. The van der Waals surface area contributed by atoms with Crippen LogP contribution in [-0.2, 0) is 9.47 Å². The average Bonchev–Trinajstić information content (AvgIpc) is 2.71. The number of aliphatic hydroxyl groups excluding tert-OH is 1. The van der Waals surface area contributed by atoms with Crippen LogP contribution >= 0.6 is 0 Å². The van der Waals surface area contributed by atoms with Gasteiger partial charge in [0.05, 0.1) is 18.3 Å². The standard InChI is InChI=1S/C10H18O3/c1-7-2-3-9(13-7)10-8(6-11)4-5-12-10/h7-11H,2-6H2,1H3. The summed E-state index contributed by atoms with van der Waals surface area (Å²) in [5.74, 6) is 0.301. The van der Waals surface area contributed by atoms with Gasteiger partial charge in [0, 0.05) is 19.1 Å². The zero-order chi connectivity index (χ0) is 9.26. The molecule has 1 N–H and O–H groups in total. The molecule has 2 aliphatic rings. The van der Waals surface area contributed by atoms with E-state index in [0.29, 0.717) is 12.0 Å². The number of aliphatic hydroxyl groups is 1. The van der Waals surface area contributed by atoms with Gasteiger partial charge in [0.2, 0.25) is 0 Å². The zero-order valence-electron chi connectivity index (χ0n) is 8.11. The van der Waals surface area contributed by atoms with E-state index in [9.17, 15) is 0 Å². The molecule has 4 atom stereocenters. The second kappa shape index (κ2) is 3.95. The Morgan fingerprint density at radius 2 is 2.15 bits per heavy atom. The molecule has 4 unspecified atom stereocenters. The van der Waals surface area contributed by atoms with E-state index >= 15 is 0 Å². The van der Waals surface area contributed by atoms with E-state index in [-0.39, 0.29) is 18.8 Å². The van der Waals surface area contributed by atoms with Crippen molar-refractivity contribution in [2.24, 2.45) is 5.92 Å². The molecule has 0 amide bonds. The normalized spacial score (nSPS) is 45.7. The lowest BCUT2D eigenvalue weighted by molar-refractivity contribution is -0.0591. The van der Waals surface area contributed by atoms with Crippen LogP contribution in [0.1, 0.15) is 26.2 Å². The Morgan fingerprint density at radius 1 is 1.31 bits per heavy atom.